The van der Waals surface area contributed by atoms with E-state index in [0.29, 0.717) is 11.6 Å². The fraction of sp³-hybridized carbons (Fsp3) is 0.286. The minimum Gasteiger partial charge on any atom is -0.482 e. The Balaban J connectivity index is 1.47. The number of hydrogen-bond donors (Lipinski definition) is 0. The van der Waals surface area contributed by atoms with Gasteiger partial charge in [0.25, 0.3) is 5.89 Å². The number of ether oxygens (including phenoxy) is 2. The lowest BCUT2D eigenvalue weighted by Gasteiger charge is -2.19. The number of rotatable bonds is 6. The Kier molecular flexibility index (Phi) is 5.54. The third-order valence-corrected chi connectivity index (χ3v) is 3.92. The Bertz CT molecular complexity index is 881. The summed E-state index contributed by atoms with van der Waals surface area (Å²) in [5.74, 6) is 0.729. The molecule has 0 radical (unpaired) electrons. The van der Waals surface area contributed by atoms with Gasteiger partial charge in [0.15, 0.2) is 13.2 Å². The van der Waals surface area contributed by atoms with Crippen LogP contribution in [0.3, 0.4) is 0 Å². The number of hydrogen-bond acceptors (Lipinski definition) is 6. The number of nitrogens with zero attached hydrogens (tertiary/aromatic N) is 2. The molecule has 0 N–H and O–H groups in total. The highest BCUT2D eigenvalue weighted by molar-refractivity contribution is 5.71. The lowest BCUT2D eigenvalue weighted by atomic mass is 9.87. The van der Waals surface area contributed by atoms with Gasteiger partial charge in [-0.3, -0.25) is 0 Å². The first-order valence-corrected chi connectivity index (χ1v) is 8.68. The molecule has 27 heavy (non-hydrogen) atoms. The number of carbonyl (C=O) groups is 1. The zero-order valence-corrected chi connectivity index (χ0v) is 15.6. The summed E-state index contributed by atoms with van der Waals surface area (Å²) in [4.78, 5) is 11.9. The Morgan fingerprint density at radius 1 is 1.00 bits per heavy atom. The molecule has 2 aromatic carbocycles. The smallest absolute Gasteiger partial charge is 0.344 e. The van der Waals surface area contributed by atoms with Crippen molar-refractivity contribution in [3.63, 3.8) is 0 Å². The van der Waals surface area contributed by atoms with Crippen molar-refractivity contribution in [2.24, 2.45) is 0 Å². The average molecular weight is 366 g/mol. The predicted molar refractivity (Wildman–Crippen MR) is 100 cm³/mol. The first-order chi connectivity index (χ1) is 12.9. The van der Waals surface area contributed by atoms with Crippen LogP contribution in [0.4, 0.5) is 0 Å². The highest BCUT2D eigenvalue weighted by Crippen LogP contribution is 2.24. The average Bonchev–Trinajstić information content (AvgIpc) is 3.14. The van der Waals surface area contributed by atoms with Crippen LogP contribution in [0.5, 0.6) is 5.75 Å². The van der Waals surface area contributed by atoms with Crippen molar-refractivity contribution in [1.82, 2.24) is 10.2 Å². The maximum Gasteiger partial charge on any atom is 0.344 e. The molecule has 6 nitrogen and oxygen atoms in total. The van der Waals surface area contributed by atoms with E-state index < -0.39 is 5.97 Å². The van der Waals surface area contributed by atoms with Crippen LogP contribution in [0.25, 0.3) is 11.5 Å². The Morgan fingerprint density at radius 2 is 1.70 bits per heavy atom. The molecule has 1 heterocycles. The molecule has 0 aliphatic rings. The van der Waals surface area contributed by atoms with E-state index in [-0.39, 0.29) is 24.5 Å². The van der Waals surface area contributed by atoms with E-state index >= 15 is 0 Å². The van der Waals surface area contributed by atoms with Gasteiger partial charge in [0.1, 0.15) is 5.75 Å². The van der Waals surface area contributed by atoms with Crippen molar-refractivity contribution < 1.29 is 18.7 Å². The van der Waals surface area contributed by atoms with Crippen molar-refractivity contribution in [3.05, 3.63) is 66.1 Å². The van der Waals surface area contributed by atoms with E-state index in [1.165, 1.54) is 5.56 Å². The standard InChI is InChI=1S/C21H22N2O4/c1-21(2,3)16-9-11-17(12-10-16)25-14-19(24)26-13-18-22-23-20(27-18)15-7-5-4-6-8-15/h4-12H,13-14H2,1-3H3. The van der Waals surface area contributed by atoms with Gasteiger partial charge in [-0.2, -0.15) is 0 Å². The topological polar surface area (TPSA) is 74.5 Å². The second-order valence-electron chi connectivity index (χ2n) is 7.09. The molecule has 0 bridgehead atoms. The van der Waals surface area contributed by atoms with Crippen LogP contribution in [0.15, 0.2) is 59.0 Å². The highest BCUT2D eigenvalue weighted by Gasteiger charge is 2.14. The molecule has 0 saturated carbocycles. The molecule has 0 atom stereocenters. The SMILES string of the molecule is CC(C)(C)c1ccc(OCC(=O)OCc2nnc(-c3ccccc3)o2)cc1. The normalized spacial score (nSPS) is 11.2. The van der Waals surface area contributed by atoms with Crippen LogP contribution in [0.2, 0.25) is 0 Å². The molecule has 0 spiro atoms. The molecule has 0 fully saturated rings. The Morgan fingerprint density at radius 3 is 2.37 bits per heavy atom. The number of aromatic nitrogens is 2. The lowest BCUT2D eigenvalue weighted by molar-refractivity contribution is -0.148. The third-order valence-electron chi connectivity index (χ3n) is 3.92. The largest absolute Gasteiger partial charge is 0.482 e. The van der Waals surface area contributed by atoms with Gasteiger partial charge in [0, 0.05) is 5.56 Å². The second-order valence-corrected chi connectivity index (χ2v) is 7.09. The van der Waals surface area contributed by atoms with Gasteiger partial charge in [-0.15, -0.1) is 10.2 Å². The van der Waals surface area contributed by atoms with Crippen molar-refractivity contribution in [1.29, 1.82) is 0 Å². The highest BCUT2D eigenvalue weighted by atomic mass is 16.6. The van der Waals surface area contributed by atoms with Crippen LogP contribution < -0.4 is 4.74 Å². The molecule has 0 saturated heterocycles. The minimum atomic E-state index is -0.505. The summed E-state index contributed by atoms with van der Waals surface area (Å²) in [5, 5.41) is 7.83. The molecule has 0 aliphatic carbocycles. The summed E-state index contributed by atoms with van der Waals surface area (Å²) in [6, 6.07) is 17.1. The second kappa shape index (κ2) is 8.03. The molecule has 3 aromatic rings. The number of benzene rings is 2. The first kappa shape index (κ1) is 18.6. The molecule has 6 heteroatoms. The Labute approximate surface area is 158 Å². The van der Waals surface area contributed by atoms with Gasteiger partial charge >= 0.3 is 5.97 Å². The third kappa shape index (κ3) is 5.17. The van der Waals surface area contributed by atoms with E-state index in [0.717, 1.165) is 5.56 Å². The fourth-order valence-corrected chi connectivity index (χ4v) is 2.39. The summed E-state index contributed by atoms with van der Waals surface area (Å²) < 4.78 is 16.1. The van der Waals surface area contributed by atoms with E-state index in [9.17, 15) is 4.79 Å². The van der Waals surface area contributed by atoms with Gasteiger partial charge in [-0.1, -0.05) is 51.1 Å². The summed E-state index contributed by atoms with van der Waals surface area (Å²) >= 11 is 0. The molecule has 3 rings (SSSR count). The van der Waals surface area contributed by atoms with Crippen LogP contribution >= 0.6 is 0 Å². The van der Waals surface area contributed by atoms with Crippen molar-refractivity contribution in [3.8, 4) is 17.2 Å². The Hall–Kier alpha value is -3.15. The summed E-state index contributed by atoms with van der Waals surface area (Å²) in [6.45, 7) is 6.14. The maximum atomic E-state index is 11.9. The molecule has 0 aliphatic heterocycles. The molecule has 0 amide bonds. The monoisotopic (exact) mass is 366 g/mol. The zero-order valence-electron chi connectivity index (χ0n) is 15.6. The van der Waals surface area contributed by atoms with Crippen LogP contribution in [0, 0.1) is 0 Å². The first-order valence-electron chi connectivity index (χ1n) is 8.68. The zero-order chi connectivity index (χ0) is 19.3. The summed E-state index contributed by atoms with van der Waals surface area (Å²) in [7, 11) is 0. The van der Waals surface area contributed by atoms with Crippen molar-refractivity contribution in [2.45, 2.75) is 32.8 Å². The molecular formula is C21H22N2O4. The molecular weight excluding hydrogens is 344 g/mol. The van der Waals surface area contributed by atoms with Gasteiger partial charge in [0.2, 0.25) is 5.89 Å². The summed E-state index contributed by atoms with van der Waals surface area (Å²) in [6.07, 6.45) is 0. The van der Waals surface area contributed by atoms with Crippen LogP contribution in [0.1, 0.15) is 32.2 Å². The fourth-order valence-electron chi connectivity index (χ4n) is 2.39. The lowest BCUT2D eigenvalue weighted by Crippen LogP contribution is -2.15. The van der Waals surface area contributed by atoms with E-state index in [1.807, 2.05) is 54.6 Å². The van der Waals surface area contributed by atoms with E-state index in [4.69, 9.17) is 13.9 Å². The number of carbonyl (C=O) groups excluding carboxylic acids is 1. The van der Waals surface area contributed by atoms with Gasteiger partial charge < -0.3 is 13.9 Å². The van der Waals surface area contributed by atoms with E-state index in [2.05, 4.69) is 31.0 Å². The predicted octanol–water partition coefficient (Wildman–Crippen LogP) is 4.16. The molecule has 1 aromatic heterocycles. The molecule has 0 unspecified atom stereocenters. The van der Waals surface area contributed by atoms with Gasteiger partial charge in [-0.25, -0.2) is 4.79 Å². The molecule has 140 valence electrons. The number of esters is 1. The van der Waals surface area contributed by atoms with Crippen molar-refractivity contribution in [2.75, 3.05) is 6.61 Å². The van der Waals surface area contributed by atoms with Crippen LogP contribution in [-0.4, -0.2) is 22.8 Å². The maximum absolute atomic E-state index is 11.9. The van der Waals surface area contributed by atoms with Crippen molar-refractivity contribution >= 4 is 5.97 Å². The van der Waals surface area contributed by atoms with Crippen LogP contribution in [-0.2, 0) is 21.6 Å². The van der Waals surface area contributed by atoms with Gasteiger partial charge in [0.05, 0.1) is 0 Å². The summed E-state index contributed by atoms with van der Waals surface area (Å²) in [5.41, 5.74) is 2.08. The quantitative estimate of drug-likeness (QED) is 0.610. The van der Waals surface area contributed by atoms with Gasteiger partial charge in [-0.05, 0) is 35.2 Å². The minimum absolute atomic E-state index is 0.0696. The van der Waals surface area contributed by atoms with E-state index in [1.54, 1.807) is 0 Å².